The Morgan fingerprint density at radius 1 is 1.05 bits per heavy atom. The molecule has 106 valence electrons. The van der Waals surface area contributed by atoms with Gasteiger partial charge >= 0.3 is 0 Å². The molecule has 0 aliphatic heterocycles. The zero-order valence-corrected chi connectivity index (χ0v) is 12.2. The number of aliphatic hydroxyl groups is 1. The number of aryl methyl sites for hydroxylation is 1. The van der Waals surface area contributed by atoms with E-state index >= 15 is 0 Å². The van der Waals surface area contributed by atoms with E-state index in [1.54, 1.807) is 0 Å². The lowest BCUT2D eigenvalue weighted by Crippen LogP contribution is -2.04. The van der Waals surface area contributed by atoms with Gasteiger partial charge in [0.05, 0.1) is 6.61 Å². The van der Waals surface area contributed by atoms with Crippen molar-refractivity contribution in [3.05, 3.63) is 65.2 Å². The summed E-state index contributed by atoms with van der Waals surface area (Å²) in [7, 11) is 0. The molecule has 1 atom stereocenters. The Balaban J connectivity index is 2.30. The summed E-state index contributed by atoms with van der Waals surface area (Å²) in [6, 6.07) is 15.8. The number of para-hydroxylation sites is 1. The fourth-order valence-corrected chi connectivity index (χ4v) is 2.38. The normalized spacial score (nSPS) is 12.2. The van der Waals surface area contributed by atoms with E-state index in [4.69, 9.17) is 4.74 Å². The third-order valence-corrected chi connectivity index (χ3v) is 3.32. The summed E-state index contributed by atoms with van der Waals surface area (Å²) in [5.41, 5.74) is 3.00. The van der Waals surface area contributed by atoms with Crippen molar-refractivity contribution in [3.63, 3.8) is 0 Å². The van der Waals surface area contributed by atoms with Gasteiger partial charge in [-0.25, -0.2) is 0 Å². The highest BCUT2D eigenvalue weighted by Gasteiger charge is 2.15. The minimum atomic E-state index is -0.644. The maximum Gasteiger partial charge on any atom is 0.125 e. The van der Waals surface area contributed by atoms with Crippen molar-refractivity contribution in [2.24, 2.45) is 0 Å². The Labute approximate surface area is 121 Å². The topological polar surface area (TPSA) is 29.5 Å². The summed E-state index contributed by atoms with van der Waals surface area (Å²) in [6.07, 6.45) is 1.50. The van der Waals surface area contributed by atoms with Crippen LogP contribution in [0, 0.1) is 0 Å². The summed E-state index contributed by atoms with van der Waals surface area (Å²) >= 11 is 0. The van der Waals surface area contributed by atoms with Crippen LogP contribution in [-0.2, 0) is 6.42 Å². The first-order valence-corrected chi connectivity index (χ1v) is 7.24. The van der Waals surface area contributed by atoms with E-state index in [1.165, 1.54) is 5.56 Å². The lowest BCUT2D eigenvalue weighted by atomic mass is 9.98. The highest BCUT2D eigenvalue weighted by molar-refractivity contribution is 5.41. The quantitative estimate of drug-likeness (QED) is 0.855. The van der Waals surface area contributed by atoms with Crippen LogP contribution in [0.25, 0.3) is 0 Å². The second-order valence-corrected chi connectivity index (χ2v) is 4.87. The molecule has 0 radical (unpaired) electrons. The molecule has 20 heavy (non-hydrogen) atoms. The molecular weight excluding hydrogens is 248 g/mol. The van der Waals surface area contributed by atoms with Crippen LogP contribution in [-0.4, -0.2) is 11.7 Å². The van der Waals surface area contributed by atoms with Crippen molar-refractivity contribution < 1.29 is 9.84 Å². The molecule has 0 aliphatic rings. The van der Waals surface area contributed by atoms with Gasteiger partial charge in [0.1, 0.15) is 11.9 Å². The van der Waals surface area contributed by atoms with Gasteiger partial charge in [0.2, 0.25) is 0 Å². The Kier molecular flexibility index (Phi) is 5.19. The summed E-state index contributed by atoms with van der Waals surface area (Å²) in [6.45, 7) is 4.71. The third-order valence-electron chi connectivity index (χ3n) is 3.32. The predicted molar refractivity (Wildman–Crippen MR) is 82.1 cm³/mol. The van der Waals surface area contributed by atoms with E-state index in [0.29, 0.717) is 6.61 Å². The number of rotatable bonds is 6. The van der Waals surface area contributed by atoms with Crippen LogP contribution in [0.4, 0.5) is 0 Å². The van der Waals surface area contributed by atoms with Crippen molar-refractivity contribution in [2.75, 3.05) is 6.61 Å². The van der Waals surface area contributed by atoms with Crippen LogP contribution in [0.3, 0.4) is 0 Å². The van der Waals surface area contributed by atoms with Crippen LogP contribution >= 0.6 is 0 Å². The highest BCUT2D eigenvalue weighted by atomic mass is 16.5. The Morgan fingerprint density at radius 3 is 2.60 bits per heavy atom. The van der Waals surface area contributed by atoms with Crippen molar-refractivity contribution in [2.45, 2.75) is 32.8 Å². The van der Waals surface area contributed by atoms with E-state index in [9.17, 15) is 5.11 Å². The molecule has 1 unspecified atom stereocenters. The monoisotopic (exact) mass is 270 g/mol. The minimum absolute atomic E-state index is 0.597. The molecule has 2 aromatic carbocycles. The predicted octanol–water partition coefficient (Wildman–Crippen LogP) is 4.12. The Hall–Kier alpha value is -1.80. The minimum Gasteiger partial charge on any atom is -0.493 e. The van der Waals surface area contributed by atoms with Crippen molar-refractivity contribution in [1.29, 1.82) is 0 Å². The molecule has 0 aliphatic carbocycles. The Morgan fingerprint density at radius 2 is 1.85 bits per heavy atom. The molecule has 0 spiro atoms. The molecule has 0 saturated carbocycles. The van der Waals surface area contributed by atoms with Gasteiger partial charge in [-0.15, -0.1) is 0 Å². The van der Waals surface area contributed by atoms with Crippen LogP contribution in [0.5, 0.6) is 5.75 Å². The van der Waals surface area contributed by atoms with E-state index in [0.717, 1.165) is 29.7 Å². The molecule has 2 aromatic rings. The summed E-state index contributed by atoms with van der Waals surface area (Å²) < 4.78 is 5.60. The maximum atomic E-state index is 10.6. The SMILES string of the molecule is CCCc1cccc(C(O)c2ccccc2OCC)c1. The van der Waals surface area contributed by atoms with Gasteiger partial charge in [-0.05, 0) is 30.5 Å². The third kappa shape index (κ3) is 3.40. The van der Waals surface area contributed by atoms with Gasteiger partial charge in [-0.3, -0.25) is 0 Å². The summed E-state index contributed by atoms with van der Waals surface area (Å²) in [5.74, 6) is 0.753. The van der Waals surface area contributed by atoms with E-state index < -0.39 is 6.10 Å². The molecule has 0 aromatic heterocycles. The number of hydrogen-bond donors (Lipinski definition) is 1. The maximum absolute atomic E-state index is 10.6. The fourth-order valence-electron chi connectivity index (χ4n) is 2.38. The lowest BCUT2D eigenvalue weighted by molar-refractivity contribution is 0.212. The molecule has 0 saturated heterocycles. The van der Waals surface area contributed by atoms with Gasteiger partial charge in [0, 0.05) is 5.56 Å². The van der Waals surface area contributed by atoms with E-state index in [-0.39, 0.29) is 0 Å². The number of hydrogen-bond acceptors (Lipinski definition) is 2. The molecular formula is C18H22O2. The largest absolute Gasteiger partial charge is 0.493 e. The zero-order valence-electron chi connectivity index (χ0n) is 12.2. The van der Waals surface area contributed by atoms with Crippen molar-refractivity contribution in [3.8, 4) is 5.75 Å². The van der Waals surface area contributed by atoms with Crippen LogP contribution in [0.2, 0.25) is 0 Å². The van der Waals surface area contributed by atoms with Gasteiger partial charge in [0.15, 0.2) is 0 Å². The Bertz CT molecular complexity index is 549. The fraction of sp³-hybridized carbons (Fsp3) is 0.333. The van der Waals surface area contributed by atoms with Gasteiger partial charge < -0.3 is 9.84 Å². The molecule has 1 N–H and O–H groups in total. The first-order chi connectivity index (χ1) is 9.76. The van der Waals surface area contributed by atoms with Crippen molar-refractivity contribution in [1.82, 2.24) is 0 Å². The number of benzene rings is 2. The second-order valence-electron chi connectivity index (χ2n) is 4.87. The molecule has 0 bridgehead atoms. The van der Waals surface area contributed by atoms with E-state index in [1.807, 2.05) is 43.3 Å². The molecule has 0 heterocycles. The van der Waals surface area contributed by atoms with Gasteiger partial charge in [0.25, 0.3) is 0 Å². The van der Waals surface area contributed by atoms with Gasteiger partial charge in [-0.1, -0.05) is 55.8 Å². The van der Waals surface area contributed by atoms with Crippen LogP contribution in [0.1, 0.15) is 43.1 Å². The first-order valence-electron chi connectivity index (χ1n) is 7.24. The standard InChI is InChI=1S/C18H22O2/c1-3-8-14-9-7-10-15(13-14)18(19)16-11-5-6-12-17(16)20-4-2/h5-7,9-13,18-19H,3-4,8H2,1-2H3. The molecule has 0 fully saturated rings. The van der Waals surface area contributed by atoms with E-state index in [2.05, 4.69) is 19.1 Å². The van der Waals surface area contributed by atoms with Crippen molar-refractivity contribution >= 4 is 0 Å². The zero-order chi connectivity index (χ0) is 14.4. The second kappa shape index (κ2) is 7.11. The number of ether oxygens (including phenoxy) is 1. The molecule has 2 heteroatoms. The van der Waals surface area contributed by atoms with Crippen LogP contribution in [0.15, 0.2) is 48.5 Å². The smallest absolute Gasteiger partial charge is 0.125 e. The molecule has 2 rings (SSSR count). The first kappa shape index (κ1) is 14.6. The molecule has 0 amide bonds. The summed E-state index contributed by atoms with van der Waals surface area (Å²) in [5, 5.41) is 10.6. The van der Waals surface area contributed by atoms with Crippen LogP contribution < -0.4 is 4.74 Å². The summed E-state index contributed by atoms with van der Waals surface area (Å²) in [4.78, 5) is 0. The average Bonchev–Trinajstić information content (AvgIpc) is 2.48. The average molecular weight is 270 g/mol. The lowest BCUT2D eigenvalue weighted by Gasteiger charge is -2.16. The number of aliphatic hydroxyl groups excluding tert-OH is 1. The highest BCUT2D eigenvalue weighted by Crippen LogP contribution is 2.30. The van der Waals surface area contributed by atoms with Gasteiger partial charge in [-0.2, -0.15) is 0 Å². The molecule has 2 nitrogen and oxygen atoms in total.